The smallest absolute Gasteiger partial charge is 0.255 e. The Morgan fingerprint density at radius 3 is 2.61 bits per heavy atom. The molecule has 98 valence electrons. The van der Waals surface area contributed by atoms with Crippen molar-refractivity contribution in [3.05, 3.63) is 24.3 Å². The number of benzene rings is 1. The molecule has 2 rings (SSSR count). The summed E-state index contributed by atoms with van der Waals surface area (Å²) in [5, 5.41) is 3.51. The van der Waals surface area contributed by atoms with Crippen LogP contribution in [0.3, 0.4) is 0 Å². The van der Waals surface area contributed by atoms with Gasteiger partial charge in [-0.25, -0.2) is 0 Å². The molecular formula is C13H18N2O2S. The van der Waals surface area contributed by atoms with E-state index in [-0.39, 0.29) is 6.61 Å². The predicted molar refractivity (Wildman–Crippen MR) is 75.1 cm³/mol. The number of nitrogens with two attached hydrogens (primary N) is 1. The van der Waals surface area contributed by atoms with Crippen molar-refractivity contribution in [2.45, 2.75) is 18.9 Å². The molecule has 0 radical (unpaired) electrons. The Morgan fingerprint density at radius 2 is 2.00 bits per heavy atom. The van der Waals surface area contributed by atoms with Crippen LogP contribution in [0.25, 0.3) is 0 Å². The van der Waals surface area contributed by atoms with Crippen LogP contribution < -0.4 is 15.8 Å². The van der Waals surface area contributed by atoms with Gasteiger partial charge in [0, 0.05) is 11.7 Å². The van der Waals surface area contributed by atoms with E-state index in [1.165, 1.54) is 24.3 Å². The Bertz CT molecular complexity index is 388. The first-order valence-electron chi connectivity index (χ1n) is 6.09. The molecule has 0 atom stereocenters. The van der Waals surface area contributed by atoms with Crippen molar-refractivity contribution in [1.82, 2.24) is 0 Å². The zero-order valence-corrected chi connectivity index (χ0v) is 11.0. The Morgan fingerprint density at radius 1 is 1.33 bits per heavy atom. The topological polar surface area (TPSA) is 64.4 Å². The van der Waals surface area contributed by atoms with Crippen molar-refractivity contribution in [2.75, 3.05) is 23.4 Å². The molecule has 1 saturated heterocycles. The first kappa shape index (κ1) is 13.1. The highest BCUT2D eigenvalue weighted by atomic mass is 32.2. The average molecular weight is 266 g/mol. The van der Waals surface area contributed by atoms with E-state index in [1.54, 1.807) is 0 Å². The molecule has 0 aromatic heterocycles. The van der Waals surface area contributed by atoms with Gasteiger partial charge in [-0.1, -0.05) is 0 Å². The first-order valence-corrected chi connectivity index (χ1v) is 7.25. The number of amides is 1. The number of carbonyl (C=O) groups excluding carboxylic acids is 1. The van der Waals surface area contributed by atoms with Crippen LogP contribution >= 0.6 is 11.8 Å². The van der Waals surface area contributed by atoms with Gasteiger partial charge in [-0.15, -0.1) is 0 Å². The van der Waals surface area contributed by atoms with Crippen molar-refractivity contribution >= 4 is 23.4 Å². The fourth-order valence-electron chi connectivity index (χ4n) is 1.88. The molecule has 1 amide bonds. The number of ether oxygens (including phenoxy) is 1. The number of anilines is 1. The highest BCUT2D eigenvalue weighted by Crippen LogP contribution is 2.22. The molecule has 18 heavy (non-hydrogen) atoms. The summed E-state index contributed by atoms with van der Waals surface area (Å²) in [6.45, 7) is -0.0768. The van der Waals surface area contributed by atoms with Crippen LogP contribution in [-0.4, -0.2) is 30.1 Å². The van der Waals surface area contributed by atoms with E-state index in [1.807, 2.05) is 36.0 Å². The number of carbonyl (C=O) groups is 1. The summed E-state index contributed by atoms with van der Waals surface area (Å²) in [7, 11) is 0. The van der Waals surface area contributed by atoms with Gasteiger partial charge in [0.05, 0.1) is 0 Å². The minimum absolute atomic E-state index is 0.0768. The quantitative estimate of drug-likeness (QED) is 0.854. The maximum atomic E-state index is 10.6. The maximum Gasteiger partial charge on any atom is 0.255 e. The monoisotopic (exact) mass is 266 g/mol. The lowest BCUT2D eigenvalue weighted by molar-refractivity contribution is -0.119. The zero-order valence-electron chi connectivity index (χ0n) is 10.2. The van der Waals surface area contributed by atoms with E-state index in [0.29, 0.717) is 11.8 Å². The summed E-state index contributed by atoms with van der Waals surface area (Å²) in [6, 6.07) is 8.21. The molecule has 0 saturated carbocycles. The van der Waals surface area contributed by atoms with Gasteiger partial charge in [0.1, 0.15) is 5.75 Å². The van der Waals surface area contributed by atoms with Gasteiger partial charge in [-0.2, -0.15) is 11.8 Å². The van der Waals surface area contributed by atoms with E-state index in [2.05, 4.69) is 5.32 Å². The molecule has 1 aliphatic heterocycles. The van der Waals surface area contributed by atoms with E-state index >= 15 is 0 Å². The number of hydrogen-bond acceptors (Lipinski definition) is 4. The predicted octanol–water partition coefficient (Wildman–Crippen LogP) is 1.86. The molecule has 1 heterocycles. The summed E-state index contributed by atoms with van der Waals surface area (Å²) < 4.78 is 5.21. The average Bonchev–Trinajstić information content (AvgIpc) is 2.39. The SMILES string of the molecule is NC(=O)COc1ccc(NC2CCSCC2)cc1. The number of primary amides is 1. The second-order valence-corrected chi connectivity index (χ2v) is 5.54. The van der Waals surface area contributed by atoms with Gasteiger partial charge in [0.2, 0.25) is 0 Å². The molecule has 0 bridgehead atoms. The molecule has 5 heteroatoms. The third-order valence-corrected chi connectivity index (χ3v) is 3.88. The van der Waals surface area contributed by atoms with E-state index in [4.69, 9.17) is 10.5 Å². The third kappa shape index (κ3) is 4.14. The lowest BCUT2D eigenvalue weighted by Crippen LogP contribution is -2.24. The highest BCUT2D eigenvalue weighted by Gasteiger charge is 2.12. The lowest BCUT2D eigenvalue weighted by atomic mass is 10.1. The minimum atomic E-state index is -0.461. The van der Waals surface area contributed by atoms with Crippen LogP contribution in [0.2, 0.25) is 0 Å². The second-order valence-electron chi connectivity index (χ2n) is 4.31. The number of thioether (sulfide) groups is 1. The van der Waals surface area contributed by atoms with E-state index < -0.39 is 5.91 Å². The third-order valence-electron chi connectivity index (χ3n) is 2.83. The van der Waals surface area contributed by atoms with Gasteiger partial charge >= 0.3 is 0 Å². The maximum absolute atomic E-state index is 10.6. The lowest BCUT2D eigenvalue weighted by Gasteiger charge is -2.23. The van der Waals surface area contributed by atoms with Gasteiger partial charge in [0.15, 0.2) is 6.61 Å². The minimum Gasteiger partial charge on any atom is -0.484 e. The van der Waals surface area contributed by atoms with E-state index in [9.17, 15) is 4.79 Å². The zero-order chi connectivity index (χ0) is 12.8. The molecule has 1 fully saturated rings. The summed E-state index contributed by atoms with van der Waals surface area (Å²) >= 11 is 2.02. The largest absolute Gasteiger partial charge is 0.484 e. The molecule has 4 nitrogen and oxygen atoms in total. The molecule has 1 aliphatic rings. The van der Waals surface area contributed by atoms with Crippen LogP contribution in [0.5, 0.6) is 5.75 Å². The second kappa shape index (κ2) is 6.54. The molecule has 1 aromatic carbocycles. The normalized spacial score (nSPS) is 16.2. The summed E-state index contributed by atoms with van der Waals surface area (Å²) in [5.74, 6) is 2.67. The van der Waals surface area contributed by atoms with Crippen LogP contribution in [-0.2, 0) is 4.79 Å². The van der Waals surface area contributed by atoms with Crippen molar-refractivity contribution in [3.63, 3.8) is 0 Å². The molecule has 1 aromatic rings. The van der Waals surface area contributed by atoms with Gasteiger partial charge in [-0.3, -0.25) is 4.79 Å². The van der Waals surface area contributed by atoms with E-state index in [0.717, 1.165) is 5.69 Å². The Kier molecular flexibility index (Phi) is 4.75. The Labute approximate surface area is 111 Å². The first-order chi connectivity index (χ1) is 8.74. The van der Waals surface area contributed by atoms with Crippen molar-refractivity contribution in [1.29, 1.82) is 0 Å². The van der Waals surface area contributed by atoms with Crippen LogP contribution in [0, 0.1) is 0 Å². The van der Waals surface area contributed by atoms with Crippen molar-refractivity contribution in [2.24, 2.45) is 5.73 Å². The number of nitrogens with one attached hydrogen (secondary N) is 1. The van der Waals surface area contributed by atoms with Gasteiger partial charge in [0.25, 0.3) is 5.91 Å². The molecule has 0 spiro atoms. The summed E-state index contributed by atoms with van der Waals surface area (Å²) in [5.41, 5.74) is 6.11. The molecule has 0 aliphatic carbocycles. The van der Waals surface area contributed by atoms with Gasteiger partial charge < -0.3 is 15.8 Å². The Balaban J connectivity index is 1.84. The van der Waals surface area contributed by atoms with Crippen LogP contribution in [0.15, 0.2) is 24.3 Å². The molecule has 0 unspecified atom stereocenters. The summed E-state index contributed by atoms with van der Waals surface area (Å²) in [4.78, 5) is 10.6. The fourth-order valence-corrected chi connectivity index (χ4v) is 2.99. The van der Waals surface area contributed by atoms with Crippen molar-refractivity contribution in [3.8, 4) is 5.75 Å². The molecular weight excluding hydrogens is 248 g/mol. The van der Waals surface area contributed by atoms with Crippen molar-refractivity contribution < 1.29 is 9.53 Å². The standard InChI is InChI=1S/C13H18N2O2S/c14-13(16)9-17-12-3-1-10(2-4-12)15-11-5-7-18-8-6-11/h1-4,11,15H,5-9H2,(H2,14,16). The summed E-state index contributed by atoms with van der Waals surface area (Å²) in [6.07, 6.45) is 2.43. The fraction of sp³-hybridized carbons (Fsp3) is 0.462. The number of hydrogen-bond donors (Lipinski definition) is 2. The van der Waals surface area contributed by atoms with Gasteiger partial charge in [-0.05, 0) is 48.6 Å². The highest BCUT2D eigenvalue weighted by molar-refractivity contribution is 7.99. The van der Waals surface area contributed by atoms with Crippen LogP contribution in [0.4, 0.5) is 5.69 Å². The van der Waals surface area contributed by atoms with Crippen LogP contribution in [0.1, 0.15) is 12.8 Å². The Hall–Kier alpha value is -1.36. The number of rotatable bonds is 5. The molecule has 3 N–H and O–H groups in total.